The van der Waals surface area contributed by atoms with Crippen LogP contribution in [0.2, 0.25) is 0 Å². The highest BCUT2D eigenvalue weighted by atomic mass is 15.3. The molecule has 1 N–H and O–H groups in total. The molecule has 0 atom stereocenters. The molecule has 18 heavy (non-hydrogen) atoms. The van der Waals surface area contributed by atoms with Gasteiger partial charge in [-0.3, -0.25) is 4.68 Å². The molecule has 0 radical (unpaired) electrons. The van der Waals surface area contributed by atoms with E-state index in [1.165, 1.54) is 27.9 Å². The lowest BCUT2D eigenvalue weighted by Crippen LogP contribution is -2.07. The van der Waals surface area contributed by atoms with E-state index < -0.39 is 0 Å². The molecule has 3 nitrogen and oxygen atoms in total. The monoisotopic (exact) mass is 243 g/mol. The van der Waals surface area contributed by atoms with Gasteiger partial charge in [0.05, 0.1) is 5.69 Å². The summed E-state index contributed by atoms with van der Waals surface area (Å²) in [6, 6.07) is 6.58. The fraction of sp³-hybridized carbons (Fsp3) is 0.400. The zero-order valence-electron chi connectivity index (χ0n) is 11.8. The van der Waals surface area contributed by atoms with Gasteiger partial charge in [-0.05, 0) is 38.9 Å². The van der Waals surface area contributed by atoms with Gasteiger partial charge in [0.25, 0.3) is 0 Å². The number of aromatic nitrogens is 2. The van der Waals surface area contributed by atoms with Crippen molar-refractivity contribution in [3.63, 3.8) is 0 Å². The third-order valence-corrected chi connectivity index (χ3v) is 3.41. The Hall–Kier alpha value is -1.61. The number of hydrogen-bond donors (Lipinski definition) is 1. The molecule has 0 aliphatic carbocycles. The first-order valence-corrected chi connectivity index (χ1v) is 6.29. The summed E-state index contributed by atoms with van der Waals surface area (Å²) in [7, 11) is 3.96. The number of benzene rings is 1. The lowest BCUT2D eigenvalue weighted by Gasteiger charge is -2.09. The zero-order chi connectivity index (χ0) is 13.3. The molecule has 0 fully saturated rings. The van der Waals surface area contributed by atoms with Gasteiger partial charge >= 0.3 is 0 Å². The minimum Gasteiger partial charge on any atom is -0.314 e. The summed E-state index contributed by atoms with van der Waals surface area (Å²) >= 11 is 0. The molecule has 0 unspecified atom stereocenters. The summed E-state index contributed by atoms with van der Waals surface area (Å²) in [5.74, 6) is 0. The topological polar surface area (TPSA) is 29.9 Å². The molecule has 0 aliphatic heterocycles. The van der Waals surface area contributed by atoms with Gasteiger partial charge < -0.3 is 5.32 Å². The Morgan fingerprint density at radius 2 is 1.94 bits per heavy atom. The second kappa shape index (κ2) is 4.94. The Morgan fingerprint density at radius 3 is 2.61 bits per heavy atom. The van der Waals surface area contributed by atoms with Crippen LogP contribution in [0.4, 0.5) is 0 Å². The zero-order valence-corrected chi connectivity index (χ0v) is 11.8. The number of nitrogens with one attached hydrogen (secondary N) is 1. The van der Waals surface area contributed by atoms with Gasteiger partial charge in [0.2, 0.25) is 0 Å². The minimum absolute atomic E-state index is 0.796. The van der Waals surface area contributed by atoms with Gasteiger partial charge in [-0.15, -0.1) is 0 Å². The third-order valence-electron chi connectivity index (χ3n) is 3.41. The summed E-state index contributed by atoms with van der Waals surface area (Å²) in [5, 5.41) is 7.79. The maximum atomic E-state index is 4.60. The molecule has 1 aromatic heterocycles. The normalized spacial score (nSPS) is 10.9. The molecule has 0 saturated heterocycles. The second-order valence-electron chi connectivity index (χ2n) is 4.88. The third kappa shape index (κ3) is 2.18. The highest BCUT2D eigenvalue weighted by Gasteiger charge is 2.15. The maximum Gasteiger partial charge on any atom is 0.0843 e. The first-order chi connectivity index (χ1) is 8.54. The van der Waals surface area contributed by atoms with Crippen LogP contribution in [0.1, 0.15) is 22.5 Å². The average molecular weight is 243 g/mol. The van der Waals surface area contributed by atoms with Crippen LogP contribution in [0.15, 0.2) is 18.2 Å². The molecular weight excluding hydrogens is 222 g/mol. The second-order valence-corrected chi connectivity index (χ2v) is 4.88. The Bertz CT molecular complexity index is 567. The molecule has 0 amide bonds. The summed E-state index contributed by atoms with van der Waals surface area (Å²) in [6.45, 7) is 7.21. The van der Waals surface area contributed by atoms with Crippen LogP contribution >= 0.6 is 0 Å². The van der Waals surface area contributed by atoms with Gasteiger partial charge in [-0.1, -0.05) is 23.8 Å². The Balaban J connectivity index is 2.65. The average Bonchev–Trinajstić information content (AvgIpc) is 2.59. The van der Waals surface area contributed by atoms with Gasteiger partial charge in [0.1, 0.15) is 0 Å². The lowest BCUT2D eigenvalue weighted by atomic mass is 9.96. The summed E-state index contributed by atoms with van der Waals surface area (Å²) in [4.78, 5) is 0. The smallest absolute Gasteiger partial charge is 0.0843 e. The van der Waals surface area contributed by atoms with Crippen LogP contribution in [0, 0.1) is 20.8 Å². The van der Waals surface area contributed by atoms with E-state index in [1.54, 1.807) is 0 Å². The van der Waals surface area contributed by atoms with Crippen molar-refractivity contribution in [2.24, 2.45) is 7.05 Å². The first kappa shape index (κ1) is 12.8. The van der Waals surface area contributed by atoms with E-state index in [1.807, 2.05) is 18.8 Å². The van der Waals surface area contributed by atoms with E-state index >= 15 is 0 Å². The number of rotatable bonds is 3. The van der Waals surface area contributed by atoms with E-state index in [9.17, 15) is 0 Å². The molecule has 1 aromatic carbocycles. The van der Waals surface area contributed by atoms with E-state index in [0.717, 1.165) is 12.2 Å². The van der Waals surface area contributed by atoms with Crippen molar-refractivity contribution in [2.75, 3.05) is 7.05 Å². The predicted octanol–water partition coefficient (Wildman–Crippen LogP) is 2.73. The van der Waals surface area contributed by atoms with Gasteiger partial charge in [0.15, 0.2) is 0 Å². The Labute approximate surface area is 109 Å². The van der Waals surface area contributed by atoms with Crippen molar-refractivity contribution in [1.82, 2.24) is 15.1 Å². The summed E-state index contributed by atoms with van der Waals surface area (Å²) < 4.78 is 1.96. The Morgan fingerprint density at radius 1 is 1.22 bits per heavy atom. The van der Waals surface area contributed by atoms with E-state index in [-0.39, 0.29) is 0 Å². The van der Waals surface area contributed by atoms with E-state index in [2.05, 4.69) is 49.4 Å². The van der Waals surface area contributed by atoms with Crippen molar-refractivity contribution < 1.29 is 0 Å². The molecular formula is C15H21N3. The molecule has 2 rings (SSSR count). The molecule has 3 heteroatoms. The van der Waals surface area contributed by atoms with Crippen LogP contribution in [0.3, 0.4) is 0 Å². The molecule has 96 valence electrons. The summed E-state index contributed by atoms with van der Waals surface area (Å²) in [6.07, 6.45) is 0. The van der Waals surface area contributed by atoms with E-state index in [4.69, 9.17) is 0 Å². The number of nitrogens with zero attached hydrogens (tertiary/aromatic N) is 2. The highest BCUT2D eigenvalue weighted by Crippen LogP contribution is 2.30. The molecule has 0 aliphatic rings. The molecule has 1 heterocycles. The van der Waals surface area contributed by atoms with Crippen molar-refractivity contribution in [2.45, 2.75) is 27.3 Å². The van der Waals surface area contributed by atoms with Crippen LogP contribution in [-0.2, 0) is 13.6 Å². The fourth-order valence-corrected chi connectivity index (χ4v) is 2.32. The number of aryl methyl sites for hydroxylation is 3. The maximum absolute atomic E-state index is 4.60. The lowest BCUT2D eigenvalue weighted by molar-refractivity contribution is 0.698. The van der Waals surface area contributed by atoms with Crippen LogP contribution in [0.25, 0.3) is 11.1 Å². The number of hydrogen-bond acceptors (Lipinski definition) is 2. The van der Waals surface area contributed by atoms with Gasteiger partial charge in [0, 0.05) is 24.8 Å². The van der Waals surface area contributed by atoms with Crippen LogP contribution in [-0.4, -0.2) is 16.8 Å². The standard InChI is InChI=1S/C15H21N3/c1-10-6-7-11(2)13(8-10)15-12(3)18(5)17-14(15)9-16-4/h6-8,16H,9H2,1-5H3. The van der Waals surface area contributed by atoms with E-state index in [0.29, 0.717) is 0 Å². The van der Waals surface area contributed by atoms with Gasteiger partial charge in [-0.2, -0.15) is 5.10 Å². The summed E-state index contributed by atoms with van der Waals surface area (Å²) in [5.41, 5.74) is 7.49. The molecule has 0 spiro atoms. The molecule has 2 aromatic rings. The van der Waals surface area contributed by atoms with Crippen molar-refractivity contribution in [1.29, 1.82) is 0 Å². The highest BCUT2D eigenvalue weighted by molar-refractivity contribution is 5.72. The Kier molecular flexibility index (Phi) is 3.53. The first-order valence-electron chi connectivity index (χ1n) is 6.29. The quantitative estimate of drug-likeness (QED) is 0.898. The molecule has 0 bridgehead atoms. The van der Waals surface area contributed by atoms with Crippen molar-refractivity contribution >= 4 is 0 Å². The SMILES string of the molecule is CNCc1nn(C)c(C)c1-c1cc(C)ccc1C. The van der Waals surface area contributed by atoms with Crippen LogP contribution in [0.5, 0.6) is 0 Å². The fourth-order valence-electron chi connectivity index (χ4n) is 2.32. The van der Waals surface area contributed by atoms with Gasteiger partial charge in [-0.25, -0.2) is 0 Å². The van der Waals surface area contributed by atoms with Crippen molar-refractivity contribution in [3.05, 3.63) is 40.7 Å². The van der Waals surface area contributed by atoms with Crippen LogP contribution < -0.4 is 5.32 Å². The molecule has 0 saturated carbocycles. The largest absolute Gasteiger partial charge is 0.314 e. The minimum atomic E-state index is 0.796. The predicted molar refractivity (Wildman–Crippen MR) is 75.6 cm³/mol. The van der Waals surface area contributed by atoms with Crippen molar-refractivity contribution in [3.8, 4) is 11.1 Å².